The quantitative estimate of drug-likeness (QED) is 0.109. The lowest BCUT2D eigenvalue weighted by Crippen LogP contribution is -2.47. The van der Waals surface area contributed by atoms with Gasteiger partial charge in [-0.2, -0.15) is 9.46 Å². The third-order valence-electron chi connectivity index (χ3n) is 11.9. The van der Waals surface area contributed by atoms with Crippen LogP contribution in [0, 0.1) is 5.82 Å². The Balaban J connectivity index is 1.29. The van der Waals surface area contributed by atoms with Crippen molar-refractivity contribution >= 4 is 30.0 Å². The number of ether oxygens (including phenoxy) is 1. The van der Waals surface area contributed by atoms with Gasteiger partial charge in [-0.1, -0.05) is 112 Å². The zero-order valence-corrected chi connectivity index (χ0v) is 34.1. The van der Waals surface area contributed by atoms with Crippen molar-refractivity contribution in [2.45, 2.75) is 94.1 Å². The minimum atomic E-state index is -3.96. The summed E-state index contributed by atoms with van der Waals surface area (Å²) in [5.74, 6) is 0.104. The number of halogens is 1. The predicted octanol–water partition coefficient (Wildman–Crippen LogP) is 8.95. The van der Waals surface area contributed by atoms with Crippen molar-refractivity contribution in [3.63, 3.8) is 0 Å². The summed E-state index contributed by atoms with van der Waals surface area (Å²) in [6.07, 6.45) is 4.06. The fourth-order valence-electron chi connectivity index (χ4n) is 7.55. The van der Waals surface area contributed by atoms with Gasteiger partial charge < -0.3 is 14.5 Å². The van der Waals surface area contributed by atoms with Crippen molar-refractivity contribution in [2.75, 3.05) is 11.9 Å². The number of urea groups is 1. The van der Waals surface area contributed by atoms with Gasteiger partial charge in [0.25, 0.3) is 0 Å². The zero-order chi connectivity index (χ0) is 38.8. The molecule has 0 saturated carbocycles. The molecular weight excluding hydrogens is 730 g/mol. The number of anilines is 1. The number of hydrogen-bond acceptors (Lipinski definition) is 6. The van der Waals surface area contributed by atoms with E-state index in [0.717, 1.165) is 27.8 Å². The maximum Gasteiger partial charge on any atom is 0.331 e. The lowest BCUT2D eigenvalue weighted by molar-refractivity contribution is 0.0449. The fraction of sp³-hybridized carbons (Fsp3) is 0.349. The van der Waals surface area contributed by atoms with Crippen molar-refractivity contribution in [3.05, 3.63) is 142 Å². The van der Waals surface area contributed by atoms with Crippen molar-refractivity contribution in [3.8, 4) is 5.88 Å². The minimum absolute atomic E-state index is 0.00639. The molecule has 1 aromatic heterocycles. The van der Waals surface area contributed by atoms with Gasteiger partial charge in [0.05, 0.1) is 19.3 Å². The second kappa shape index (κ2) is 13.5. The van der Waals surface area contributed by atoms with Gasteiger partial charge >= 0.3 is 6.03 Å². The van der Waals surface area contributed by atoms with Gasteiger partial charge in [-0.25, -0.2) is 22.8 Å². The second-order valence-corrected chi connectivity index (χ2v) is 23.3. The summed E-state index contributed by atoms with van der Waals surface area (Å²) in [4.78, 5) is 14.5. The highest BCUT2D eigenvalue weighted by Crippen LogP contribution is 2.46. The second-order valence-electron chi connectivity index (χ2n) is 16.7. The van der Waals surface area contributed by atoms with Crippen molar-refractivity contribution < 1.29 is 22.6 Å². The van der Waals surface area contributed by atoms with E-state index >= 15 is 8.60 Å². The Kier molecular flexibility index (Phi) is 9.09. The topological polar surface area (TPSA) is 107 Å². The van der Waals surface area contributed by atoms with Crippen LogP contribution in [0.15, 0.2) is 106 Å². The van der Waals surface area contributed by atoms with E-state index in [1.54, 1.807) is 4.68 Å². The van der Waals surface area contributed by atoms with Gasteiger partial charge in [-0.3, -0.25) is 0 Å². The molecule has 0 fully saturated rings. The Morgan fingerprint density at radius 2 is 1.38 bits per heavy atom. The SMILES string of the molecule is CC(C)(C)[Si](C)(C)OC[C@]1(C)Cn2ncc([S@](=O)(=NC(c3ccccc3)(c3ccccc3)c3ccccc3)NC(=O)Nc3c4c(c(F)c5c3CC5)CC4)c2O1. The van der Waals surface area contributed by atoms with E-state index in [1.165, 1.54) is 6.20 Å². The standard InChI is InChI=1S/C43H48FN5O4SSi/c1-41(2,3)55(5,6)52-28-42(4)27-49-39(53-42)36(26-45-49)54(51,47-40(50)46-38-34-24-22-32(34)37(44)33-23-25-35(33)38)48-43(29-16-10-7-11-17-29,30-18-12-8-13-19-30)31-20-14-9-15-21-31/h7-21,26H,22-25,27-28H2,1-6H3,(H2,46,47,48,50,51)/t42-,54+/m0/s1. The number of amides is 2. The normalized spacial score (nSPS) is 18.4. The first-order chi connectivity index (χ1) is 26.1. The van der Waals surface area contributed by atoms with Crippen LogP contribution in [0.5, 0.6) is 5.88 Å². The molecule has 2 heterocycles. The first kappa shape index (κ1) is 37.2. The number of rotatable bonds is 10. The number of aromatic nitrogens is 2. The summed E-state index contributed by atoms with van der Waals surface area (Å²) in [7, 11) is -6.10. The van der Waals surface area contributed by atoms with Crippen LogP contribution in [0.4, 0.5) is 14.9 Å². The summed E-state index contributed by atoms with van der Waals surface area (Å²) >= 11 is 0. The Labute approximate surface area is 324 Å². The average Bonchev–Trinajstić information content (AvgIpc) is 3.66. The number of carbonyl (C=O) groups is 1. The molecule has 1 aliphatic heterocycles. The molecule has 286 valence electrons. The summed E-state index contributed by atoms with van der Waals surface area (Å²) in [6.45, 7) is 13.6. The third-order valence-corrected chi connectivity index (χ3v) is 18.2. The average molecular weight is 778 g/mol. The lowest BCUT2D eigenvalue weighted by atomic mass is 9.76. The van der Waals surface area contributed by atoms with Crippen LogP contribution in [-0.4, -0.2) is 40.5 Å². The number of nitrogens with zero attached hydrogens (tertiary/aromatic N) is 3. The van der Waals surface area contributed by atoms with Crippen LogP contribution in [0.3, 0.4) is 0 Å². The third kappa shape index (κ3) is 6.37. The molecule has 2 atom stereocenters. The molecule has 9 nitrogen and oxygen atoms in total. The van der Waals surface area contributed by atoms with Crippen LogP contribution >= 0.6 is 0 Å². The van der Waals surface area contributed by atoms with Crippen LogP contribution in [0.2, 0.25) is 18.1 Å². The minimum Gasteiger partial charge on any atom is -0.466 e. The van der Waals surface area contributed by atoms with Crippen molar-refractivity contribution in [1.82, 2.24) is 14.5 Å². The highest BCUT2D eigenvalue weighted by Gasteiger charge is 2.46. The van der Waals surface area contributed by atoms with E-state index in [0.29, 0.717) is 55.6 Å². The Hall–Kier alpha value is -4.78. The molecule has 2 amide bonds. The molecule has 0 radical (unpaired) electrons. The van der Waals surface area contributed by atoms with E-state index in [2.05, 4.69) is 49.0 Å². The molecule has 12 heteroatoms. The Morgan fingerprint density at radius 1 is 0.891 bits per heavy atom. The number of fused-ring (bicyclic) bond motifs is 3. The van der Waals surface area contributed by atoms with Crippen LogP contribution in [-0.2, 0) is 52.1 Å². The van der Waals surface area contributed by atoms with Gasteiger partial charge in [-0.15, -0.1) is 0 Å². The van der Waals surface area contributed by atoms with Crippen molar-refractivity contribution in [1.29, 1.82) is 0 Å². The molecule has 2 N–H and O–H groups in total. The first-order valence-electron chi connectivity index (χ1n) is 18.9. The van der Waals surface area contributed by atoms with Crippen LogP contribution in [0.25, 0.3) is 0 Å². The molecule has 8 rings (SSSR count). The van der Waals surface area contributed by atoms with Gasteiger partial charge in [-0.05, 0) is 89.7 Å². The monoisotopic (exact) mass is 777 g/mol. The van der Waals surface area contributed by atoms with Crippen molar-refractivity contribution in [2.24, 2.45) is 4.36 Å². The highest BCUT2D eigenvalue weighted by atomic mass is 32.2. The Bertz CT molecular complexity index is 2280. The van der Waals surface area contributed by atoms with E-state index in [-0.39, 0.29) is 21.6 Å². The number of benzene rings is 4. The molecule has 0 unspecified atom stereocenters. The fourth-order valence-corrected chi connectivity index (χ4v) is 10.5. The smallest absolute Gasteiger partial charge is 0.331 e. The summed E-state index contributed by atoms with van der Waals surface area (Å²) in [5.41, 5.74) is 3.58. The Morgan fingerprint density at radius 3 is 1.84 bits per heavy atom. The number of hydrogen-bond donors (Lipinski definition) is 2. The predicted molar refractivity (Wildman–Crippen MR) is 216 cm³/mol. The summed E-state index contributed by atoms with van der Waals surface area (Å²) in [6, 6.07) is 28.3. The van der Waals surface area contributed by atoms with E-state index < -0.39 is 35.4 Å². The van der Waals surface area contributed by atoms with Crippen LogP contribution < -0.4 is 14.8 Å². The van der Waals surface area contributed by atoms with E-state index in [1.807, 2.05) is 97.9 Å². The van der Waals surface area contributed by atoms with Gasteiger partial charge in [0.1, 0.15) is 21.9 Å². The molecule has 0 saturated heterocycles. The lowest BCUT2D eigenvalue weighted by Gasteiger charge is -2.38. The molecule has 55 heavy (non-hydrogen) atoms. The molecule has 3 aliphatic rings. The molecule has 4 aromatic carbocycles. The number of nitrogens with one attached hydrogen (secondary N) is 2. The molecular formula is C43H48FN5O4SSi. The molecule has 0 bridgehead atoms. The highest BCUT2D eigenvalue weighted by molar-refractivity contribution is 7.92. The largest absolute Gasteiger partial charge is 0.466 e. The molecule has 0 spiro atoms. The molecule has 5 aromatic rings. The van der Waals surface area contributed by atoms with E-state index in [4.69, 9.17) is 13.5 Å². The first-order valence-corrected chi connectivity index (χ1v) is 23.3. The van der Waals surface area contributed by atoms with Crippen LogP contribution in [0.1, 0.15) is 66.6 Å². The molecule has 2 aliphatic carbocycles. The van der Waals surface area contributed by atoms with Gasteiger partial charge in [0.15, 0.2) is 18.2 Å². The number of carbonyl (C=O) groups excluding carboxylic acids is 1. The van der Waals surface area contributed by atoms with Gasteiger partial charge in [0, 0.05) is 5.69 Å². The van der Waals surface area contributed by atoms with Gasteiger partial charge in [0.2, 0.25) is 5.88 Å². The maximum atomic E-state index is 16.2. The zero-order valence-electron chi connectivity index (χ0n) is 32.2. The maximum absolute atomic E-state index is 16.2. The summed E-state index contributed by atoms with van der Waals surface area (Å²) < 4.78 is 54.6. The summed E-state index contributed by atoms with van der Waals surface area (Å²) in [5, 5.41) is 7.67. The van der Waals surface area contributed by atoms with E-state index in [9.17, 15) is 4.79 Å².